The molecule has 1 saturated heterocycles. The summed E-state index contributed by atoms with van der Waals surface area (Å²) in [4.78, 5) is 26.2. The van der Waals surface area contributed by atoms with Gasteiger partial charge >= 0.3 is 0 Å². The van der Waals surface area contributed by atoms with Crippen LogP contribution in [-0.2, 0) is 0 Å². The Morgan fingerprint density at radius 1 is 1.40 bits per heavy atom. The Morgan fingerprint density at radius 3 is 2.68 bits per heavy atom. The molecule has 0 aromatic heterocycles. The maximum absolute atomic E-state index is 12.9. The van der Waals surface area contributed by atoms with E-state index in [1.807, 2.05) is 6.26 Å². The zero-order chi connectivity index (χ0) is 17.4. The number of hydrogen-bond acceptors (Lipinski definition) is 6. The van der Waals surface area contributed by atoms with E-state index in [1.54, 1.807) is 11.0 Å². The van der Waals surface area contributed by atoms with Gasteiger partial charge in [0.05, 0.1) is 23.0 Å². The number of benzene rings is 1. The Labute approximate surface area is 156 Å². The van der Waals surface area contributed by atoms with Gasteiger partial charge in [-0.2, -0.15) is 0 Å². The first kappa shape index (κ1) is 19.8. The van der Waals surface area contributed by atoms with Crippen molar-refractivity contribution in [2.75, 3.05) is 26.5 Å². The van der Waals surface area contributed by atoms with Crippen molar-refractivity contribution in [3.05, 3.63) is 27.8 Å². The highest BCUT2D eigenvalue weighted by molar-refractivity contribution is 7.98. The Hall–Kier alpha value is -1.51. The summed E-state index contributed by atoms with van der Waals surface area (Å²) in [5.41, 5.74) is 6.03. The molecule has 3 atom stereocenters. The van der Waals surface area contributed by atoms with Gasteiger partial charge in [0.2, 0.25) is 0 Å². The number of halogens is 1. The highest BCUT2D eigenvalue weighted by Crippen LogP contribution is 2.39. The molecule has 2 aliphatic rings. The minimum Gasteiger partial charge on any atom is -0.495 e. The number of nitrogens with two attached hydrogens (primary N) is 1. The first-order chi connectivity index (χ1) is 11.5. The van der Waals surface area contributed by atoms with Crippen LogP contribution in [0.25, 0.3) is 0 Å². The van der Waals surface area contributed by atoms with Crippen LogP contribution < -0.4 is 10.5 Å². The van der Waals surface area contributed by atoms with Crippen molar-refractivity contribution in [2.24, 2.45) is 17.6 Å². The van der Waals surface area contributed by atoms with Crippen LogP contribution >= 0.6 is 24.2 Å². The van der Waals surface area contributed by atoms with E-state index in [-0.39, 0.29) is 35.6 Å². The number of thioether (sulfide) groups is 1. The molecule has 9 heteroatoms. The molecule has 1 amide bonds. The van der Waals surface area contributed by atoms with Crippen LogP contribution in [0.2, 0.25) is 0 Å². The number of ether oxygens (including phenoxy) is 1. The van der Waals surface area contributed by atoms with Gasteiger partial charge in [-0.25, -0.2) is 0 Å². The fourth-order valence-corrected chi connectivity index (χ4v) is 4.41. The molecule has 25 heavy (non-hydrogen) atoms. The molecule has 3 rings (SSSR count). The zero-order valence-electron chi connectivity index (χ0n) is 14.1. The lowest BCUT2D eigenvalue weighted by Gasteiger charge is -2.19. The van der Waals surface area contributed by atoms with Crippen LogP contribution in [0.15, 0.2) is 17.0 Å². The Kier molecular flexibility index (Phi) is 6.18. The molecule has 1 aliphatic carbocycles. The number of rotatable bonds is 4. The SMILES string of the molecule is COc1cc([N+](=O)[O-])c(C(=O)N2CC3CCC(N)C3C2)cc1SC.Cl. The summed E-state index contributed by atoms with van der Waals surface area (Å²) >= 11 is 1.39. The third-order valence-electron chi connectivity index (χ3n) is 5.13. The second-order valence-electron chi connectivity index (χ2n) is 6.36. The van der Waals surface area contributed by atoms with Crippen molar-refractivity contribution in [1.82, 2.24) is 4.90 Å². The van der Waals surface area contributed by atoms with Gasteiger partial charge in [-0.05, 0) is 37.0 Å². The number of likely N-dealkylation sites (tertiary alicyclic amines) is 1. The highest BCUT2D eigenvalue weighted by Gasteiger charge is 2.43. The summed E-state index contributed by atoms with van der Waals surface area (Å²) in [6.45, 7) is 1.22. The first-order valence-corrected chi connectivity index (χ1v) is 9.14. The fourth-order valence-electron chi connectivity index (χ4n) is 3.83. The number of nitro groups is 1. The molecule has 2 N–H and O–H groups in total. The molecule has 0 radical (unpaired) electrons. The fraction of sp³-hybridized carbons (Fsp3) is 0.562. The van der Waals surface area contributed by atoms with Crippen molar-refractivity contribution >= 4 is 35.8 Å². The maximum Gasteiger partial charge on any atom is 0.285 e. The Balaban J connectivity index is 0.00000225. The van der Waals surface area contributed by atoms with Crippen LogP contribution in [-0.4, -0.2) is 48.2 Å². The van der Waals surface area contributed by atoms with E-state index in [9.17, 15) is 14.9 Å². The van der Waals surface area contributed by atoms with Crippen molar-refractivity contribution < 1.29 is 14.5 Å². The quantitative estimate of drug-likeness (QED) is 0.484. The van der Waals surface area contributed by atoms with E-state index in [1.165, 1.54) is 24.9 Å². The van der Waals surface area contributed by atoms with E-state index in [0.29, 0.717) is 35.6 Å². The smallest absolute Gasteiger partial charge is 0.285 e. The molecule has 1 saturated carbocycles. The van der Waals surface area contributed by atoms with E-state index in [4.69, 9.17) is 10.5 Å². The van der Waals surface area contributed by atoms with Gasteiger partial charge in [0.15, 0.2) is 0 Å². The van der Waals surface area contributed by atoms with Gasteiger partial charge in [-0.3, -0.25) is 14.9 Å². The molecule has 0 spiro atoms. The lowest BCUT2D eigenvalue weighted by Crippen LogP contribution is -2.33. The molecule has 2 fully saturated rings. The predicted octanol–water partition coefficient (Wildman–Crippen LogP) is 2.56. The van der Waals surface area contributed by atoms with E-state index in [0.717, 1.165) is 12.8 Å². The number of methoxy groups -OCH3 is 1. The van der Waals surface area contributed by atoms with Gasteiger partial charge < -0.3 is 15.4 Å². The van der Waals surface area contributed by atoms with Crippen LogP contribution in [0.1, 0.15) is 23.2 Å². The molecule has 138 valence electrons. The van der Waals surface area contributed by atoms with Gasteiger partial charge in [0.25, 0.3) is 11.6 Å². The summed E-state index contributed by atoms with van der Waals surface area (Å²) in [7, 11) is 1.46. The summed E-state index contributed by atoms with van der Waals surface area (Å²) in [5, 5.41) is 11.4. The third kappa shape index (κ3) is 3.56. The summed E-state index contributed by atoms with van der Waals surface area (Å²) in [6.07, 6.45) is 3.87. The van der Waals surface area contributed by atoms with E-state index in [2.05, 4.69) is 0 Å². The topological polar surface area (TPSA) is 98.7 Å². The van der Waals surface area contributed by atoms with Crippen LogP contribution in [0.4, 0.5) is 5.69 Å². The summed E-state index contributed by atoms with van der Waals surface area (Å²) in [6, 6.07) is 3.03. The lowest BCUT2D eigenvalue weighted by atomic mass is 9.98. The molecule has 1 aromatic rings. The number of carbonyl (C=O) groups excluding carboxylic acids is 1. The molecule has 7 nitrogen and oxygen atoms in total. The molecule has 3 unspecified atom stereocenters. The third-order valence-corrected chi connectivity index (χ3v) is 5.89. The standard InChI is InChI=1S/C16H21N3O4S.ClH/c1-23-14-6-13(19(21)22)10(5-15(14)24-2)16(20)18-7-9-3-4-12(17)11(9)8-18;/h5-6,9,11-12H,3-4,7-8,17H2,1-2H3;1H. The van der Waals surface area contributed by atoms with Gasteiger partial charge in [-0.1, -0.05) is 0 Å². The van der Waals surface area contributed by atoms with E-state index < -0.39 is 4.92 Å². The monoisotopic (exact) mass is 387 g/mol. The summed E-state index contributed by atoms with van der Waals surface area (Å²) < 4.78 is 5.20. The lowest BCUT2D eigenvalue weighted by molar-refractivity contribution is -0.385. The Morgan fingerprint density at radius 2 is 2.12 bits per heavy atom. The predicted molar refractivity (Wildman–Crippen MR) is 98.8 cm³/mol. The minimum absolute atomic E-state index is 0. The average Bonchev–Trinajstić information content (AvgIpc) is 3.15. The zero-order valence-corrected chi connectivity index (χ0v) is 15.8. The number of fused-ring (bicyclic) bond motifs is 1. The average molecular weight is 388 g/mol. The van der Waals surface area contributed by atoms with Gasteiger partial charge in [0, 0.05) is 19.1 Å². The molecule has 1 aromatic carbocycles. The first-order valence-electron chi connectivity index (χ1n) is 7.91. The number of amides is 1. The summed E-state index contributed by atoms with van der Waals surface area (Å²) in [5.74, 6) is 0.847. The Bertz CT molecular complexity index is 688. The number of nitrogens with zero attached hydrogens (tertiary/aromatic N) is 2. The van der Waals surface area contributed by atoms with Crippen LogP contribution in [0.3, 0.4) is 0 Å². The molecule has 1 heterocycles. The molecule has 1 aliphatic heterocycles. The number of nitro benzene ring substituents is 1. The van der Waals surface area contributed by atoms with Crippen molar-refractivity contribution in [2.45, 2.75) is 23.8 Å². The van der Waals surface area contributed by atoms with Crippen molar-refractivity contribution in [1.29, 1.82) is 0 Å². The molecular weight excluding hydrogens is 366 g/mol. The molecule has 0 bridgehead atoms. The highest BCUT2D eigenvalue weighted by atomic mass is 35.5. The number of hydrogen-bond donors (Lipinski definition) is 1. The van der Waals surface area contributed by atoms with Crippen LogP contribution in [0.5, 0.6) is 5.75 Å². The van der Waals surface area contributed by atoms with Crippen LogP contribution in [0, 0.1) is 22.0 Å². The van der Waals surface area contributed by atoms with E-state index >= 15 is 0 Å². The minimum atomic E-state index is -0.525. The second-order valence-corrected chi connectivity index (χ2v) is 7.20. The molecular formula is C16H22ClN3O4S. The normalized spacial score (nSPS) is 24.6. The number of carbonyl (C=O) groups is 1. The van der Waals surface area contributed by atoms with Crippen molar-refractivity contribution in [3.63, 3.8) is 0 Å². The van der Waals surface area contributed by atoms with Gasteiger partial charge in [-0.15, -0.1) is 24.2 Å². The largest absolute Gasteiger partial charge is 0.495 e. The van der Waals surface area contributed by atoms with Crippen molar-refractivity contribution in [3.8, 4) is 5.75 Å². The maximum atomic E-state index is 12.9. The second kappa shape index (κ2) is 7.80. The van der Waals surface area contributed by atoms with Gasteiger partial charge in [0.1, 0.15) is 11.3 Å².